The van der Waals surface area contributed by atoms with Crippen molar-refractivity contribution >= 4 is 11.7 Å². The molecule has 2 aliphatic rings. The van der Waals surface area contributed by atoms with Gasteiger partial charge in [0.25, 0.3) is 0 Å². The molecule has 1 saturated heterocycles. The lowest BCUT2D eigenvalue weighted by molar-refractivity contribution is -0.127. The van der Waals surface area contributed by atoms with Crippen LogP contribution in [0.15, 0.2) is 5.16 Å². The number of nitrogens with one attached hydrogen (secondary N) is 1. The van der Waals surface area contributed by atoms with E-state index in [-0.39, 0.29) is 17.3 Å². The molecule has 0 aromatic carbocycles. The fraction of sp³-hybridized carbons (Fsp3) is 0.818. The standard InChI is InChI=1S/C11H19N3O3/c1-10(3-2-6-17-7-10)13-9(15)11(4-5-11)8(12)14-16/h16H,2-7H2,1H3,(H2,12,14)(H,13,15). The second-order valence-electron chi connectivity index (χ2n) is 5.24. The van der Waals surface area contributed by atoms with E-state index < -0.39 is 5.41 Å². The van der Waals surface area contributed by atoms with E-state index in [4.69, 9.17) is 15.7 Å². The summed E-state index contributed by atoms with van der Waals surface area (Å²) < 4.78 is 5.38. The lowest BCUT2D eigenvalue weighted by Crippen LogP contribution is -2.55. The molecule has 0 spiro atoms. The van der Waals surface area contributed by atoms with E-state index >= 15 is 0 Å². The Balaban J connectivity index is 2.02. The van der Waals surface area contributed by atoms with Crippen molar-refractivity contribution in [2.24, 2.45) is 16.3 Å². The number of ether oxygens (including phenoxy) is 1. The number of carbonyl (C=O) groups is 1. The van der Waals surface area contributed by atoms with Crippen LogP contribution in [-0.2, 0) is 9.53 Å². The van der Waals surface area contributed by atoms with Crippen LogP contribution < -0.4 is 11.1 Å². The van der Waals surface area contributed by atoms with E-state index in [0.29, 0.717) is 19.4 Å². The fourth-order valence-electron chi connectivity index (χ4n) is 2.25. The van der Waals surface area contributed by atoms with Crippen molar-refractivity contribution in [1.29, 1.82) is 0 Å². The number of nitrogens with zero attached hydrogens (tertiary/aromatic N) is 1. The van der Waals surface area contributed by atoms with Crippen molar-refractivity contribution in [2.75, 3.05) is 13.2 Å². The first kappa shape index (κ1) is 12.2. The van der Waals surface area contributed by atoms with Gasteiger partial charge in [-0.1, -0.05) is 5.16 Å². The Labute approximate surface area is 100 Å². The van der Waals surface area contributed by atoms with Crippen molar-refractivity contribution in [3.8, 4) is 0 Å². The van der Waals surface area contributed by atoms with Gasteiger partial charge in [-0.15, -0.1) is 0 Å². The Bertz CT molecular complexity index is 344. The summed E-state index contributed by atoms with van der Waals surface area (Å²) in [6, 6.07) is 0. The second-order valence-corrected chi connectivity index (χ2v) is 5.24. The number of amides is 1. The number of amidine groups is 1. The third kappa shape index (κ3) is 2.22. The maximum Gasteiger partial charge on any atom is 0.234 e. The summed E-state index contributed by atoms with van der Waals surface area (Å²) in [5.74, 6) is -0.142. The van der Waals surface area contributed by atoms with Gasteiger partial charge in [0.1, 0.15) is 5.41 Å². The number of carbonyl (C=O) groups excluding carboxylic acids is 1. The van der Waals surface area contributed by atoms with Gasteiger partial charge in [0.2, 0.25) is 5.91 Å². The molecular weight excluding hydrogens is 222 g/mol. The predicted molar refractivity (Wildman–Crippen MR) is 61.7 cm³/mol. The van der Waals surface area contributed by atoms with Gasteiger partial charge in [0, 0.05) is 6.61 Å². The highest BCUT2D eigenvalue weighted by Crippen LogP contribution is 2.46. The Morgan fingerprint density at radius 2 is 2.18 bits per heavy atom. The smallest absolute Gasteiger partial charge is 0.234 e. The van der Waals surface area contributed by atoms with Crippen LogP contribution >= 0.6 is 0 Å². The fourth-order valence-corrected chi connectivity index (χ4v) is 2.25. The minimum absolute atomic E-state index is 0.00956. The van der Waals surface area contributed by atoms with E-state index in [1.165, 1.54) is 0 Å². The number of hydrogen-bond acceptors (Lipinski definition) is 4. The molecule has 0 aromatic rings. The molecule has 1 saturated carbocycles. The zero-order valence-corrected chi connectivity index (χ0v) is 10.0. The van der Waals surface area contributed by atoms with Gasteiger partial charge in [0.15, 0.2) is 5.84 Å². The monoisotopic (exact) mass is 241 g/mol. The number of hydrogen-bond donors (Lipinski definition) is 3. The summed E-state index contributed by atoms with van der Waals surface area (Å²) >= 11 is 0. The molecule has 4 N–H and O–H groups in total. The maximum absolute atomic E-state index is 12.2. The molecule has 6 heteroatoms. The molecule has 1 atom stereocenters. The Kier molecular flexibility index (Phi) is 2.99. The van der Waals surface area contributed by atoms with Crippen LogP contribution in [0, 0.1) is 5.41 Å². The highest BCUT2D eigenvalue weighted by Gasteiger charge is 2.55. The van der Waals surface area contributed by atoms with Crippen molar-refractivity contribution < 1.29 is 14.7 Å². The first-order chi connectivity index (χ1) is 8.02. The normalized spacial score (nSPS) is 31.9. The van der Waals surface area contributed by atoms with E-state index in [9.17, 15) is 4.79 Å². The van der Waals surface area contributed by atoms with Crippen LogP contribution in [0.1, 0.15) is 32.6 Å². The molecule has 0 radical (unpaired) electrons. The molecule has 96 valence electrons. The third-order valence-electron chi connectivity index (χ3n) is 3.64. The summed E-state index contributed by atoms with van der Waals surface area (Å²) in [6.07, 6.45) is 3.12. The van der Waals surface area contributed by atoms with Crippen molar-refractivity contribution in [1.82, 2.24) is 5.32 Å². The van der Waals surface area contributed by atoms with E-state index in [1.807, 2.05) is 6.92 Å². The van der Waals surface area contributed by atoms with Gasteiger partial charge in [-0.2, -0.15) is 0 Å². The Morgan fingerprint density at radius 3 is 2.65 bits per heavy atom. The molecule has 17 heavy (non-hydrogen) atoms. The summed E-state index contributed by atoms with van der Waals surface area (Å²) in [4.78, 5) is 12.2. The average molecular weight is 241 g/mol. The summed E-state index contributed by atoms with van der Waals surface area (Å²) in [7, 11) is 0. The largest absolute Gasteiger partial charge is 0.409 e. The number of oxime groups is 1. The van der Waals surface area contributed by atoms with Crippen LogP contribution in [0.4, 0.5) is 0 Å². The average Bonchev–Trinajstić information content (AvgIpc) is 3.09. The quantitative estimate of drug-likeness (QED) is 0.284. The van der Waals surface area contributed by atoms with Gasteiger partial charge in [-0.05, 0) is 32.6 Å². The van der Waals surface area contributed by atoms with Crippen LogP contribution in [0.5, 0.6) is 0 Å². The minimum Gasteiger partial charge on any atom is -0.409 e. The summed E-state index contributed by atoms with van der Waals surface area (Å²) in [5.41, 5.74) is 4.46. The molecule has 2 fully saturated rings. The van der Waals surface area contributed by atoms with Crippen molar-refractivity contribution in [3.05, 3.63) is 0 Å². The molecular formula is C11H19N3O3. The van der Waals surface area contributed by atoms with Crippen LogP contribution in [0.25, 0.3) is 0 Å². The van der Waals surface area contributed by atoms with Crippen LogP contribution in [0.2, 0.25) is 0 Å². The molecule has 1 unspecified atom stereocenters. The SMILES string of the molecule is CC1(NC(=O)C2(C(N)=NO)CC2)CCCOC1. The second kappa shape index (κ2) is 4.18. The van der Waals surface area contributed by atoms with Gasteiger partial charge < -0.3 is 21.0 Å². The molecule has 0 bridgehead atoms. The Hall–Kier alpha value is -1.30. The number of rotatable bonds is 3. The van der Waals surface area contributed by atoms with Crippen LogP contribution in [0.3, 0.4) is 0 Å². The Morgan fingerprint density at radius 1 is 1.47 bits per heavy atom. The van der Waals surface area contributed by atoms with E-state index in [2.05, 4.69) is 10.5 Å². The zero-order valence-electron chi connectivity index (χ0n) is 10.0. The molecule has 1 aliphatic carbocycles. The zero-order chi connectivity index (χ0) is 12.5. The first-order valence-corrected chi connectivity index (χ1v) is 5.91. The highest BCUT2D eigenvalue weighted by molar-refractivity contribution is 6.09. The number of nitrogens with two attached hydrogens (primary N) is 1. The summed E-state index contributed by atoms with van der Waals surface area (Å²) in [6.45, 7) is 3.23. The topological polar surface area (TPSA) is 96.9 Å². The predicted octanol–water partition coefficient (Wildman–Crippen LogP) is 0.198. The summed E-state index contributed by atoms with van der Waals surface area (Å²) in [5, 5.41) is 14.6. The van der Waals surface area contributed by atoms with E-state index in [1.54, 1.807) is 0 Å². The highest BCUT2D eigenvalue weighted by atomic mass is 16.5. The van der Waals surface area contributed by atoms with Crippen LogP contribution in [-0.4, -0.2) is 35.7 Å². The van der Waals surface area contributed by atoms with Gasteiger partial charge >= 0.3 is 0 Å². The molecule has 1 heterocycles. The van der Waals surface area contributed by atoms with Gasteiger partial charge in [0.05, 0.1) is 12.1 Å². The molecule has 1 amide bonds. The third-order valence-corrected chi connectivity index (χ3v) is 3.64. The first-order valence-electron chi connectivity index (χ1n) is 5.91. The van der Waals surface area contributed by atoms with Gasteiger partial charge in [-0.3, -0.25) is 4.79 Å². The lowest BCUT2D eigenvalue weighted by atomic mass is 9.93. The molecule has 2 rings (SSSR count). The van der Waals surface area contributed by atoms with Crippen molar-refractivity contribution in [3.63, 3.8) is 0 Å². The van der Waals surface area contributed by atoms with Crippen molar-refractivity contribution in [2.45, 2.75) is 38.1 Å². The lowest BCUT2D eigenvalue weighted by Gasteiger charge is -2.35. The minimum atomic E-state index is -0.783. The molecule has 6 nitrogen and oxygen atoms in total. The maximum atomic E-state index is 12.2. The molecule has 0 aromatic heterocycles. The molecule has 1 aliphatic heterocycles. The van der Waals surface area contributed by atoms with E-state index in [0.717, 1.165) is 19.4 Å². The van der Waals surface area contributed by atoms with Gasteiger partial charge in [-0.25, -0.2) is 0 Å².